The van der Waals surface area contributed by atoms with E-state index < -0.39 is 12.0 Å². The summed E-state index contributed by atoms with van der Waals surface area (Å²) in [6, 6.07) is 9.06. The second-order valence-corrected chi connectivity index (χ2v) is 4.70. The molecule has 1 aromatic heterocycles. The lowest BCUT2D eigenvalue weighted by Crippen LogP contribution is -2.19. The molecule has 0 saturated carbocycles. The van der Waals surface area contributed by atoms with E-state index in [9.17, 15) is 4.79 Å². The average molecular weight is 264 g/mol. The van der Waals surface area contributed by atoms with Gasteiger partial charge in [0.05, 0.1) is 5.75 Å². The van der Waals surface area contributed by atoms with Crippen molar-refractivity contribution in [1.82, 2.24) is 20.2 Å². The Bertz CT molecular complexity index is 529. The largest absolute Gasteiger partial charge is 0.480 e. The maximum Gasteiger partial charge on any atom is 0.328 e. The third-order valence-electron chi connectivity index (χ3n) is 2.40. The number of hydrogen-bond donors (Lipinski definition) is 1. The van der Waals surface area contributed by atoms with Crippen LogP contribution in [0.3, 0.4) is 0 Å². The second-order valence-electron chi connectivity index (χ2n) is 3.66. The van der Waals surface area contributed by atoms with Crippen LogP contribution in [-0.4, -0.2) is 31.3 Å². The van der Waals surface area contributed by atoms with Crippen LogP contribution in [0.1, 0.15) is 18.8 Å². The topological polar surface area (TPSA) is 80.9 Å². The lowest BCUT2D eigenvalue weighted by Gasteiger charge is -2.08. The Morgan fingerprint density at radius 2 is 2.17 bits per heavy atom. The van der Waals surface area contributed by atoms with Crippen molar-refractivity contribution >= 4 is 17.7 Å². The molecule has 1 unspecified atom stereocenters. The number of benzene rings is 1. The molecule has 0 saturated heterocycles. The van der Waals surface area contributed by atoms with Gasteiger partial charge in [0.15, 0.2) is 5.82 Å². The Morgan fingerprint density at radius 1 is 1.44 bits per heavy atom. The first-order valence-electron chi connectivity index (χ1n) is 5.36. The quantitative estimate of drug-likeness (QED) is 0.826. The average Bonchev–Trinajstić information content (AvgIpc) is 2.84. The van der Waals surface area contributed by atoms with Crippen molar-refractivity contribution in [2.75, 3.05) is 0 Å². The van der Waals surface area contributed by atoms with E-state index in [1.807, 2.05) is 30.3 Å². The van der Waals surface area contributed by atoms with Crippen LogP contribution in [0.2, 0.25) is 0 Å². The van der Waals surface area contributed by atoms with E-state index in [2.05, 4.69) is 15.5 Å². The van der Waals surface area contributed by atoms with Crippen LogP contribution in [0.15, 0.2) is 35.2 Å². The fraction of sp³-hybridized carbons (Fsp3) is 0.273. The summed E-state index contributed by atoms with van der Waals surface area (Å²) >= 11 is 1.57. The molecule has 18 heavy (non-hydrogen) atoms. The van der Waals surface area contributed by atoms with E-state index in [1.165, 1.54) is 4.68 Å². The number of carboxylic acids is 1. The molecule has 2 rings (SSSR count). The minimum atomic E-state index is -0.951. The molecule has 0 radical (unpaired) electrons. The van der Waals surface area contributed by atoms with Gasteiger partial charge in [-0.2, -0.15) is 0 Å². The van der Waals surface area contributed by atoms with Crippen LogP contribution in [0.25, 0.3) is 0 Å². The van der Waals surface area contributed by atoms with Crippen LogP contribution in [0.5, 0.6) is 0 Å². The Balaban J connectivity index is 2.07. The predicted octanol–water partition coefficient (Wildman–Crippen LogP) is 1.61. The molecule has 0 aliphatic rings. The maximum atomic E-state index is 10.9. The number of rotatable bonds is 5. The highest BCUT2D eigenvalue weighted by atomic mass is 32.2. The van der Waals surface area contributed by atoms with Gasteiger partial charge in [-0.3, -0.25) is 0 Å². The van der Waals surface area contributed by atoms with Crippen molar-refractivity contribution in [1.29, 1.82) is 0 Å². The fourth-order valence-electron chi connectivity index (χ4n) is 1.38. The number of thioether (sulfide) groups is 1. The highest BCUT2D eigenvalue weighted by molar-refractivity contribution is 7.98. The number of tetrazole rings is 1. The number of nitrogens with zero attached hydrogens (tertiary/aromatic N) is 4. The highest BCUT2D eigenvalue weighted by Crippen LogP contribution is 2.21. The molecule has 94 valence electrons. The molecule has 0 amide bonds. The Labute approximate surface area is 108 Å². The lowest BCUT2D eigenvalue weighted by atomic mass is 10.3. The van der Waals surface area contributed by atoms with E-state index in [-0.39, 0.29) is 0 Å². The molecule has 0 fully saturated rings. The van der Waals surface area contributed by atoms with Crippen molar-refractivity contribution in [2.45, 2.75) is 23.6 Å². The second kappa shape index (κ2) is 5.63. The summed E-state index contributed by atoms with van der Waals surface area (Å²) < 4.78 is 1.33. The molecule has 1 N–H and O–H groups in total. The minimum absolute atomic E-state index is 0.536. The molecule has 0 spiro atoms. The highest BCUT2D eigenvalue weighted by Gasteiger charge is 2.18. The summed E-state index contributed by atoms with van der Waals surface area (Å²) in [6.07, 6.45) is 0. The Morgan fingerprint density at radius 3 is 2.83 bits per heavy atom. The summed E-state index contributed by atoms with van der Waals surface area (Å²) in [5, 5.41) is 20.0. The first-order valence-corrected chi connectivity index (χ1v) is 6.34. The van der Waals surface area contributed by atoms with Crippen molar-refractivity contribution in [2.24, 2.45) is 0 Å². The van der Waals surface area contributed by atoms with E-state index in [4.69, 9.17) is 5.11 Å². The van der Waals surface area contributed by atoms with Gasteiger partial charge < -0.3 is 5.11 Å². The van der Waals surface area contributed by atoms with Crippen molar-refractivity contribution in [3.63, 3.8) is 0 Å². The third-order valence-corrected chi connectivity index (χ3v) is 3.40. The predicted molar refractivity (Wildman–Crippen MR) is 66.2 cm³/mol. The first kappa shape index (κ1) is 12.6. The maximum absolute atomic E-state index is 10.9. The van der Waals surface area contributed by atoms with Crippen molar-refractivity contribution < 1.29 is 9.90 Å². The standard InChI is InChI=1S/C11H12N4O2S/c1-8(11(16)17)15-10(12-13-14-15)7-18-9-5-3-2-4-6-9/h2-6,8H,7H2,1H3,(H,16,17). The summed E-state index contributed by atoms with van der Waals surface area (Å²) in [5.41, 5.74) is 0. The zero-order chi connectivity index (χ0) is 13.0. The molecule has 7 heteroatoms. The molecule has 1 atom stereocenters. The van der Waals surface area contributed by atoms with Gasteiger partial charge in [0.2, 0.25) is 0 Å². The zero-order valence-corrected chi connectivity index (χ0v) is 10.5. The molecular weight excluding hydrogens is 252 g/mol. The van der Waals surface area contributed by atoms with Crippen LogP contribution in [0.4, 0.5) is 0 Å². The first-order chi connectivity index (χ1) is 8.68. The number of aromatic nitrogens is 4. The van der Waals surface area contributed by atoms with E-state index >= 15 is 0 Å². The molecule has 0 bridgehead atoms. The van der Waals surface area contributed by atoms with Gasteiger partial charge in [-0.05, 0) is 29.5 Å². The number of carbonyl (C=O) groups is 1. The van der Waals surface area contributed by atoms with Crippen molar-refractivity contribution in [3.8, 4) is 0 Å². The van der Waals surface area contributed by atoms with Crippen LogP contribution in [-0.2, 0) is 10.5 Å². The lowest BCUT2D eigenvalue weighted by molar-refractivity contribution is -0.140. The van der Waals surface area contributed by atoms with Crippen LogP contribution in [0, 0.1) is 0 Å². The summed E-state index contributed by atoms with van der Waals surface area (Å²) in [5.74, 6) is 0.140. The Kier molecular flexibility index (Phi) is 3.93. The summed E-state index contributed by atoms with van der Waals surface area (Å²) in [4.78, 5) is 12.0. The van der Waals surface area contributed by atoms with Gasteiger partial charge in [-0.25, -0.2) is 9.48 Å². The normalized spacial score (nSPS) is 12.3. The zero-order valence-electron chi connectivity index (χ0n) is 9.72. The van der Waals surface area contributed by atoms with Gasteiger partial charge in [0, 0.05) is 4.90 Å². The third kappa shape index (κ3) is 2.86. The van der Waals surface area contributed by atoms with Gasteiger partial charge in [-0.15, -0.1) is 16.9 Å². The molecular formula is C11H12N4O2S. The molecule has 1 heterocycles. The summed E-state index contributed by atoms with van der Waals surface area (Å²) in [6.45, 7) is 1.55. The van der Waals surface area contributed by atoms with Gasteiger partial charge in [0.1, 0.15) is 6.04 Å². The van der Waals surface area contributed by atoms with E-state index in [0.717, 1.165) is 4.90 Å². The van der Waals surface area contributed by atoms with Gasteiger partial charge >= 0.3 is 5.97 Å². The fourth-order valence-corrected chi connectivity index (χ4v) is 2.21. The SMILES string of the molecule is CC(C(=O)O)n1nnnc1CSc1ccccc1. The molecule has 1 aromatic carbocycles. The molecule has 0 aliphatic carbocycles. The molecule has 2 aromatic rings. The number of hydrogen-bond acceptors (Lipinski definition) is 5. The van der Waals surface area contributed by atoms with E-state index in [1.54, 1.807) is 18.7 Å². The number of aliphatic carboxylic acids is 1. The monoisotopic (exact) mass is 264 g/mol. The van der Waals surface area contributed by atoms with Crippen molar-refractivity contribution in [3.05, 3.63) is 36.2 Å². The smallest absolute Gasteiger partial charge is 0.328 e. The van der Waals surface area contributed by atoms with Gasteiger partial charge in [0.25, 0.3) is 0 Å². The van der Waals surface area contributed by atoms with Gasteiger partial charge in [-0.1, -0.05) is 18.2 Å². The minimum Gasteiger partial charge on any atom is -0.480 e. The van der Waals surface area contributed by atoms with Crippen LogP contribution >= 0.6 is 11.8 Å². The Hall–Kier alpha value is -1.89. The summed E-state index contributed by atoms with van der Waals surface area (Å²) in [7, 11) is 0. The molecule has 6 nitrogen and oxygen atoms in total. The van der Waals surface area contributed by atoms with Crippen LogP contribution < -0.4 is 0 Å². The molecule has 0 aliphatic heterocycles. The number of carboxylic acid groups (broad SMARTS) is 1. The van der Waals surface area contributed by atoms with E-state index in [0.29, 0.717) is 11.6 Å².